The fourth-order valence-corrected chi connectivity index (χ4v) is 2.05. The summed E-state index contributed by atoms with van der Waals surface area (Å²) in [5.74, 6) is -1.01. The molecule has 1 saturated carbocycles. The molecule has 1 fully saturated rings. The molecule has 1 aromatic heterocycles. The number of nitrogens with one attached hydrogen (secondary N) is 1. The minimum Gasteiger partial charge on any atom is -0.478 e. The summed E-state index contributed by atoms with van der Waals surface area (Å²) in [6.07, 6.45) is 4.14. The molecule has 0 saturated heterocycles. The van der Waals surface area contributed by atoms with Crippen molar-refractivity contribution in [1.82, 2.24) is 4.98 Å². The Morgan fingerprint density at radius 3 is 2.76 bits per heavy atom. The largest absolute Gasteiger partial charge is 0.478 e. The molecule has 3 N–H and O–H groups in total. The van der Waals surface area contributed by atoms with Gasteiger partial charge in [0, 0.05) is 11.9 Å². The van der Waals surface area contributed by atoms with E-state index in [0.29, 0.717) is 5.69 Å². The first-order chi connectivity index (χ1) is 8.06. The van der Waals surface area contributed by atoms with Crippen LogP contribution >= 0.6 is 0 Å². The zero-order valence-corrected chi connectivity index (χ0v) is 9.73. The molecule has 0 unspecified atom stereocenters. The lowest BCUT2D eigenvalue weighted by Crippen LogP contribution is -2.48. The normalized spacial score (nSPS) is 17.3. The molecule has 1 heterocycles. The van der Waals surface area contributed by atoms with Gasteiger partial charge in [-0.1, -0.05) is 0 Å². The van der Waals surface area contributed by atoms with Gasteiger partial charge in [0.1, 0.15) is 5.56 Å². The maximum Gasteiger partial charge on any atom is 0.339 e. The monoisotopic (exact) mass is 236 g/mol. The van der Waals surface area contributed by atoms with Crippen LogP contribution < -0.4 is 5.32 Å². The van der Waals surface area contributed by atoms with Crippen molar-refractivity contribution < 1.29 is 15.0 Å². The van der Waals surface area contributed by atoms with Crippen LogP contribution in [-0.2, 0) is 0 Å². The molecule has 17 heavy (non-hydrogen) atoms. The summed E-state index contributed by atoms with van der Waals surface area (Å²) in [7, 11) is 0. The SMILES string of the molecule is Cc1cc(NC2(CO)CCC2)c(C(=O)O)cn1. The molecule has 0 radical (unpaired) electrons. The summed E-state index contributed by atoms with van der Waals surface area (Å²) in [6.45, 7) is 1.83. The molecule has 0 bridgehead atoms. The molecule has 0 aliphatic heterocycles. The fourth-order valence-electron chi connectivity index (χ4n) is 2.05. The topological polar surface area (TPSA) is 82.5 Å². The van der Waals surface area contributed by atoms with Gasteiger partial charge in [-0.05, 0) is 32.3 Å². The number of carboxylic acids is 1. The van der Waals surface area contributed by atoms with E-state index >= 15 is 0 Å². The lowest BCUT2D eigenvalue weighted by Gasteiger charge is -2.42. The predicted octanol–water partition coefficient (Wildman–Crippen LogP) is 1.42. The predicted molar refractivity (Wildman–Crippen MR) is 63.2 cm³/mol. The van der Waals surface area contributed by atoms with E-state index in [1.165, 1.54) is 6.20 Å². The van der Waals surface area contributed by atoms with Gasteiger partial charge in [0.15, 0.2) is 0 Å². The zero-order valence-electron chi connectivity index (χ0n) is 9.73. The molecular weight excluding hydrogens is 220 g/mol. The summed E-state index contributed by atoms with van der Waals surface area (Å²) in [5.41, 5.74) is 1.09. The Balaban J connectivity index is 2.30. The molecule has 0 amide bonds. The van der Waals surface area contributed by atoms with Gasteiger partial charge in [-0.25, -0.2) is 4.79 Å². The summed E-state index contributed by atoms with van der Waals surface area (Å²) < 4.78 is 0. The smallest absolute Gasteiger partial charge is 0.339 e. The quantitative estimate of drug-likeness (QED) is 0.736. The number of hydrogen-bond acceptors (Lipinski definition) is 4. The van der Waals surface area contributed by atoms with E-state index in [9.17, 15) is 9.90 Å². The Labute approximate surface area is 99.5 Å². The van der Waals surface area contributed by atoms with E-state index in [4.69, 9.17) is 5.11 Å². The van der Waals surface area contributed by atoms with Crippen LogP contribution in [-0.4, -0.2) is 33.3 Å². The summed E-state index contributed by atoms with van der Waals surface area (Å²) in [6, 6.07) is 1.71. The second kappa shape index (κ2) is 4.33. The molecule has 5 heteroatoms. The van der Waals surface area contributed by atoms with E-state index in [0.717, 1.165) is 25.0 Å². The number of aryl methyl sites for hydroxylation is 1. The summed E-state index contributed by atoms with van der Waals surface area (Å²) in [5, 5.41) is 21.6. The zero-order chi connectivity index (χ0) is 12.5. The highest BCUT2D eigenvalue weighted by Gasteiger charge is 2.37. The van der Waals surface area contributed by atoms with Gasteiger partial charge >= 0.3 is 5.97 Å². The number of aliphatic hydroxyl groups excluding tert-OH is 1. The Morgan fingerprint density at radius 2 is 2.29 bits per heavy atom. The van der Waals surface area contributed by atoms with Crippen LogP contribution in [0.15, 0.2) is 12.3 Å². The third kappa shape index (κ3) is 2.24. The molecule has 2 rings (SSSR count). The number of anilines is 1. The first kappa shape index (κ1) is 11.9. The van der Waals surface area contributed by atoms with Crippen LogP contribution in [0.25, 0.3) is 0 Å². The van der Waals surface area contributed by atoms with Crippen LogP contribution in [0.4, 0.5) is 5.69 Å². The number of carboxylic acid groups (broad SMARTS) is 1. The van der Waals surface area contributed by atoms with Crippen molar-refractivity contribution in [2.24, 2.45) is 0 Å². The first-order valence-corrected chi connectivity index (χ1v) is 5.65. The molecule has 1 aliphatic rings. The maximum absolute atomic E-state index is 11.1. The Kier molecular flexibility index (Phi) is 3.02. The Hall–Kier alpha value is -1.62. The van der Waals surface area contributed by atoms with Crippen molar-refractivity contribution in [3.8, 4) is 0 Å². The number of aromatic carboxylic acids is 1. The minimum atomic E-state index is -1.01. The van der Waals surface area contributed by atoms with Crippen molar-refractivity contribution in [1.29, 1.82) is 0 Å². The molecule has 92 valence electrons. The highest BCUT2D eigenvalue weighted by Crippen LogP contribution is 2.35. The van der Waals surface area contributed by atoms with Crippen LogP contribution in [0.3, 0.4) is 0 Å². The van der Waals surface area contributed by atoms with Crippen molar-refractivity contribution in [3.63, 3.8) is 0 Å². The Morgan fingerprint density at radius 1 is 1.59 bits per heavy atom. The number of aliphatic hydroxyl groups is 1. The van der Waals surface area contributed by atoms with E-state index in [2.05, 4.69) is 10.3 Å². The number of rotatable bonds is 4. The van der Waals surface area contributed by atoms with Gasteiger partial charge in [0.2, 0.25) is 0 Å². The van der Waals surface area contributed by atoms with Crippen LogP contribution in [0.5, 0.6) is 0 Å². The van der Waals surface area contributed by atoms with Gasteiger partial charge in [0.25, 0.3) is 0 Å². The van der Waals surface area contributed by atoms with E-state index < -0.39 is 5.97 Å². The summed E-state index contributed by atoms with van der Waals surface area (Å²) >= 11 is 0. The average Bonchev–Trinajstić information content (AvgIpc) is 2.23. The van der Waals surface area contributed by atoms with Gasteiger partial charge in [-0.2, -0.15) is 0 Å². The third-order valence-electron chi connectivity index (χ3n) is 3.28. The lowest BCUT2D eigenvalue weighted by molar-refractivity contribution is 0.0696. The highest BCUT2D eigenvalue weighted by atomic mass is 16.4. The van der Waals surface area contributed by atoms with Gasteiger partial charge in [0.05, 0.1) is 17.8 Å². The van der Waals surface area contributed by atoms with Crippen LogP contribution in [0.2, 0.25) is 0 Å². The number of carbonyl (C=O) groups is 1. The number of hydrogen-bond donors (Lipinski definition) is 3. The molecule has 0 spiro atoms. The fraction of sp³-hybridized carbons (Fsp3) is 0.500. The molecule has 0 aromatic carbocycles. The maximum atomic E-state index is 11.1. The van der Waals surface area contributed by atoms with Crippen LogP contribution in [0, 0.1) is 6.92 Å². The van der Waals surface area contributed by atoms with Crippen molar-refractivity contribution in [2.45, 2.75) is 31.7 Å². The van der Waals surface area contributed by atoms with Gasteiger partial charge < -0.3 is 15.5 Å². The molecular formula is C12H16N2O3. The van der Waals surface area contributed by atoms with Crippen LogP contribution in [0.1, 0.15) is 35.3 Å². The molecule has 1 aromatic rings. The van der Waals surface area contributed by atoms with E-state index in [1.807, 2.05) is 6.92 Å². The standard InChI is InChI=1S/C12H16N2O3/c1-8-5-10(9(6-13-8)11(16)17)14-12(7-15)3-2-4-12/h5-6,15H,2-4,7H2,1H3,(H,13,14)(H,16,17). The number of nitrogens with zero attached hydrogens (tertiary/aromatic N) is 1. The second-order valence-corrected chi connectivity index (χ2v) is 4.59. The molecule has 5 nitrogen and oxygen atoms in total. The highest BCUT2D eigenvalue weighted by molar-refractivity contribution is 5.94. The second-order valence-electron chi connectivity index (χ2n) is 4.59. The number of aromatic nitrogens is 1. The average molecular weight is 236 g/mol. The summed E-state index contributed by atoms with van der Waals surface area (Å²) in [4.78, 5) is 15.0. The lowest BCUT2D eigenvalue weighted by atomic mass is 9.77. The number of pyridine rings is 1. The minimum absolute atomic E-state index is 0.0213. The third-order valence-corrected chi connectivity index (χ3v) is 3.28. The van der Waals surface area contributed by atoms with Gasteiger partial charge in [-0.3, -0.25) is 4.98 Å². The van der Waals surface area contributed by atoms with Gasteiger partial charge in [-0.15, -0.1) is 0 Å². The molecule has 0 atom stereocenters. The van der Waals surface area contributed by atoms with Crippen molar-refractivity contribution >= 4 is 11.7 Å². The van der Waals surface area contributed by atoms with Crippen molar-refractivity contribution in [2.75, 3.05) is 11.9 Å². The van der Waals surface area contributed by atoms with E-state index in [1.54, 1.807) is 6.07 Å². The first-order valence-electron chi connectivity index (χ1n) is 5.65. The van der Waals surface area contributed by atoms with E-state index in [-0.39, 0.29) is 17.7 Å². The molecule has 1 aliphatic carbocycles. The Bertz CT molecular complexity index is 436. The van der Waals surface area contributed by atoms with Crippen molar-refractivity contribution in [3.05, 3.63) is 23.5 Å².